The van der Waals surface area contributed by atoms with Crippen molar-refractivity contribution in [1.29, 1.82) is 0 Å². The lowest BCUT2D eigenvalue weighted by atomic mass is 10.1. The van der Waals surface area contributed by atoms with Crippen LogP contribution >= 0.6 is 0 Å². The van der Waals surface area contributed by atoms with Crippen LogP contribution in [-0.2, 0) is 11.0 Å². The third-order valence-electron chi connectivity index (χ3n) is 3.45. The van der Waals surface area contributed by atoms with E-state index in [0.29, 0.717) is 31.5 Å². The molecule has 2 atom stereocenters. The maximum absolute atomic E-state index is 12.6. The van der Waals surface area contributed by atoms with Crippen LogP contribution in [0, 0.1) is 5.92 Å². The zero-order valence-electron chi connectivity index (χ0n) is 10.9. The van der Waals surface area contributed by atoms with E-state index in [2.05, 4.69) is 5.32 Å². The van der Waals surface area contributed by atoms with E-state index in [0.717, 1.165) is 12.1 Å². The topological polar surface area (TPSA) is 55.1 Å². The van der Waals surface area contributed by atoms with Gasteiger partial charge in [0.15, 0.2) is 0 Å². The second kappa shape index (κ2) is 5.83. The molecule has 0 aliphatic heterocycles. The van der Waals surface area contributed by atoms with E-state index in [1.807, 2.05) is 0 Å². The SMILES string of the molecule is NCCCNC(=O)C1CC1c1cccc(C(F)(F)F)c1. The van der Waals surface area contributed by atoms with E-state index in [1.165, 1.54) is 6.07 Å². The molecule has 0 radical (unpaired) electrons. The van der Waals surface area contributed by atoms with Crippen LogP contribution in [0.4, 0.5) is 13.2 Å². The molecule has 1 saturated carbocycles. The number of rotatable bonds is 5. The Labute approximate surface area is 115 Å². The Morgan fingerprint density at radius 2 is 2.15 bits per heavy atom. The number of carbonyl (C=O) groups excluding carboxylic acids is 1. The molecular weight excluding hydrogens is 269 g/mol. The molecule has 0 bridgehead atoms. The molecule has 1 aliphatic carbocycles. The van der Waals surface area contributed by atoms with Gasteiger partial charge in [-0.05, 0) is 36.9 Å². The number of amides is 1. The van der Waals surface area contributed by atoms with Crippen molar-refractivity contribution in [2.24, 2.45) is 11.7 Å². The monoisotopic (exact) mass is 286 g/mol. The first-order chi connectivity index (χ1) is 9.43. The summed E-state index contributed by atoms with van der Waals surface area (Å²) < 4.78 is 37.9. The molecule has 2 unspecified atom stereocenters. The summed E-state index contributed by atoms with van der Waals surface area (Å²) in [6.45, 7) is 1.02. The van der Waals surface area contributed by atoms with Crippen LogP contribution in [0.1, 0.15) is 29.9 Å². The van der Waals surface area contributed by atoms with Gasteiger partial charge < -0.3 is 11.1 Å². The van der Waals surface area contributed by atoms with Crippen LogP contribution in [-0.4, -0.2) is 19.0 Å². The van der Waals surface area contributed by atoms with Gasteiger partial charge in [0, 0.05) is 12.5 Å². The molecule has 110 valence electrons. The number of nitrogens with one attached hydrogen (secondary N) is 1. The average Bonchev–Trinajstić information content (AvgIpc) is 3.18. The molecule has 1 amide bonds. The van der Waals surface area contributed by atoms with Crippen molar-refractivity contribution in [3.8, 4) is 0 Å². The summed E-state index contributed by atoms with van der Waals surface area (Å²) in [7, 11) is 0. The highest BCUT2D eigenvalue weighted by molar-refractivity contribution is 5.82. The smallest absolute Gasteiger partial charge is 0.356 e. The second-order valence-electron chi connectivity index (χ2n) is 5.01. The molecule has 1 aromatic rings. The summed E-state index contributed by atoms with van der Waals surface area (Å²) >= 11 is 0. The van der Waals surface area contributed by atoms with Gasteiger partial charge in [-0.3, -0.25) is 4.79 Å². The maximum Gasteiger partial charge on any atom is 0.416 e. The lowest BCUT2D eigenvalue weighted by Crippen LogP contribution is -2.27. The molecule has 1 aromatic carbocycles. The van der Waals surface area contributed by atoms with Crippen molar-refractivity contribution >= 4 is 5.91 Å². The molecule has 20 heavy (non-hydrogen) atoms. The molecular formula is C14H17F3N2O. The number of hydrogen-bond acceptors (Lipinski definition) is 2. The predicted molar refractivity (Wildman–Crippen MR) is 69.0 cm³/mol. The average molecular weight is 286 g/mol. The van der Waals surface area contributed by atoms with Gasteiger partial charge in [-0.25, -0.2) is 0 Å². The summed E-state index contributed by atoms with van der Waals surface area (Å²) in [5.74, 6) is -0.410. The molecule has 0 spiro atoms. The summed E-state index contributed by atoms with van der Waals surface area (Å²) in [5, 5.41) is 2.75. The Hall–Kier alpha value is -1.56. The molecule has 0 heterocycles. The highest BCUT2D eigenvalue weighted by Crippen LogP contribution is 2.48. The van der Waals surface area contributed by atoms with E-state index < -0.39 is 11.7 Å². The van der Waals surface area contributed by atoms with Crippen LogP contribution in [0.15, 0.2) is 24.3 Å². The minimum atomic E-state index is -4.34. The van der Waals surface area contributed by atoms with E-state index in [4.69, 9.17) is 5.73 Å². The largest absolute Gasteiger partial charge is 0.416 e. The van der Waals surface area contributed by atoms with E-state index in [9.17, 15) is 18.0 Å². The van der Waals surface area contributed by atoms with Crippen LogP contribution < -0.4 is 11.1 Å². The number of halogens is 3. The van der Waals surface area contributed by atoms with Crippen molar-refractivity contribution < 1.29 is 18.0 Å². The van der Waals surface area contributed by atoms with Crippen LogP contribution in [0.2, 0.25) is 0 Å². The van der Waals surface area contributed by atoms with Crippen molar-refractivity contribution in [2.75, 3.05) is 13.1 Å². The van der Waals surface area contributed by atoms with Crippen molar-refractivity contribution in [1.82, 2.24) is 5.32 Å². The zero-order valence-corrected chi connectivity index (χ0v) is 10.9. The van der Waals surface area contributed by atoms with Gasteiger partial charge in [-0.15, -0.1) is 0 Å². The molecule has 3 nitrogen and oxygen atoms in total. The molecule has 3 N–H and O–H groups in total. The highest BCUT2D eigenvalue weighted by atomic mass is 19.4. The molecule has 6 heteroatoms. The first kappa shape index (κ1) is 14.8. The number of alkyl halides is 3. The summed E-state index contributed by atoms with van der Waals surface area (Å²) in [5.41, 5.74) is 5.24. The molecule has 0 aromatic heterocycles. The standard InChI is InChI=1S/C14H17F3N2O/c15-14(16,17)10-4-1-3-9(7-10)11-8-12(11)13(20)19-6-2-5-18/h1,3-4,7,11-12H,2,5-6,8,18H2,(H,19,20). The Balaban J connectivity index is 1.96. The van der Waals surface area contributed by atoms with Gasteiger partial charge in [0.1, 0.15) is 0 Å². The van der Waals surface area contributed by atoms with Gasteiger partial charge in [0.05, 0.1) is 5.56 Å². The maximum atomic E-state index is 12.6. The van der Waals surface area contributed by atoms with Gasteiger partial charge in [0.2, 0.25) is 5.91 Å². The number of hydrogen-bond donors (Lipinski definition) is 2. The fraction of sp³-hybridized carbons (Fsp3) is 0.500. The lowest BCUT2D eigenvalue weighted by Gasteiger charge is -2.08. The zero-order chi connectivity index (χ0) is 14.8. The Bertz CT molecular complexity index is 488. The number of benzene rings is 1. The van der Waals surface area contributed by atoms with Gasteiger partial charge in [-0.2, -0.15) is 13.2 Å². The third-order valence-corrected chi connectivity index (χ3v) is 3.45. The minimum Gasteiger partial charge on any atom is -0.356 e. The first-order valence-electron chi connectivity index (χ1n) is 6.58. The molecule has 0 saturated heterocycles. The fourth-order valence-corrected chi connectivity index (χ4v) is 2.24. The summed E-state index contributed by atoms with van der Waals surface area (Å²) in [6, 6.07) is 5.22. The molecule has 2 rings (SSSR count). The Morgan fingerprint density at radius 3 is 2.80 bits per heavy atom. The van der Waals surface area contributed by atoms with E-state index in [-0.39, 0.29) is 17.7 Å². The number of carbonyl (C=O) groups is 1. The third kappa shape index (κ3) is 3.50. The predicted octanol–water partition coefficient (Wildman–Crippen LogP) is 2.27. The van der Waals surface area contributed by atoms with Crippen molar-refractivity contribution in [3.05, 3.63) is 35.4 Å². The Morgan fingerprint density at radius 1 is 1.40 bits per heavy atom. The summed E-state index contributed by atoms with van der Waals surface area (Å²) in [4.78, 5) is 11.8. The summed E-state index contributed by atoms with van der Waals surface area (Å²) in [6.07, 6.45) is -3.04. The van der Waals surface area contributed by atoms with Crippen molar-refractivity contribution in [2.45, 2.75) is 24.9 Å². The van der Waals surface area contributed by atoms with E-state index in [1.54, 1.807) is 6.07 Å². The fourth-order valence-electron chi connectivity index (χ4n) is 2.24. The number of nitrogens with two attached hydrogens (primary N) is 1. The normalized spacial score (nSPS) is 21.6. The van der Waals surface area contributed by atoms with Gasteiger partial charge in [-0.1, -0.05) is 18.2 Å². The van der Waals surface area contributed by atoms with Crippen LogP contribution in [0.3, 0.4) is 0 Å². The molecule has 1 fully saturated rings. The van der Waals surface area contributed by atoms with E-state index >= 15 is 0 Å². The quantitative estimate of drug-likeness (QED) is 0.816. The van der Waals surface area contributed by atoms with Crippen LogP contribution in [0.5, 0.6) is 0 Å². The second-order valence-corrected chi connectivity index (χ2v) is 5.01. The van der Waals surface area contributed by atoms with Crippen LogP contribution in [0.25, 0.3) is 0 Å². The Kier molecular flexibility index (Phi) is 4.32. The first-order valence-corrected chi connectivity index (χ1v) is 6.58. The van der Waals surface area contributed by atoms with Crippen molar-refractivity contribution in [3.63, 3.8) is 0 Å². The highest BCUT2D eigenvalue weighted by Gasteiger charge is 2.44. The molecule has 1 aliphatic rings. The van der Waals surface area contributed by atoms with Gasteiger partial charge >= 0.3 is 6.18 Å². The van der Waals surface area contributed by atoms with Gasteiger partial charge in [0.25, 0.3) is 0 Å². The lowest BCUT2D eigenvalue weighted by molar-refractivity contribution is -0.137. The minimum absolute atomic E-state index is 0.0964.